The van der Waals surface area contributed by atoms with E-state index in [9.17, 15) is 14.5 Å². The number of nitro groups is 1. The summed E-state index contributed by atoms with van der Waals surface area (Å²) in [5.74, 6) is -0.651. The number of rotatable bonds is 5. The van der Waals surface area contributed by atoms with Crippen LogP contribution in [0.5, 0.6) is 0 Å². The normalized spacial score (nSPS) is 11.5. The number of benzene rings is 1. The smallest absolute Gasteiger partial charge is 0.295 e. The lowest BCUT2D eigenvalue weighted by molar-refractivity contribution is -0.384. The lowest BCUT2D eigenvalue weighted by Gasteiger charge is -2.30. The fourth-order valence-corrected chi connectivity index (χ4v) is 2.10. The maximum absolute atomic E-state index is 13.4. The highest BCUT2D eigenvalue weighted by molar-refractivity contribution is 9.10. The van der Waals surface area contributed by atoms with Crippen LogP contribution in [0.3, 0.4) is 0 Å². The van der Waals surface area contributed by atoms with Gasteiger partial charge >= 0.3 is 0 Å². The standard InChI is InChI=1S/C12H17BrFN3O2/c1-12(2,6-15)7-16(3)10-4-8(13)9(14)5-11(10)17(18)19/h4-5H,6-7,15H2,1-3H3. The number of nitro benzene ring substituents is 1. The minimum Gasteiger partial charge on any atom is -0.368 e. The first-order valence-electron chi connectivity index (χ1n) is 5.72. The van der Waals surface area contributed by atoms with Crippen molar-refractivity contribution in [2.45, 2.75) is 13.8 Å². The molecule has 0 atom stereocenters. The van der Waals surface area contributed by atoms with Crippen LogP contribution in [0.4, 0.5) is 15.8 Å². The van der Waals surface area contributed by atoms with Gasteiger partial charge in [-0.25, -0.2) is 4.39 Å². The molecular weight excluding hydrogens is 317 g/mol. The minimum absolute atomic E-state index is 0.191. The molecule has 0 amide bonds. The molecule has 0 bridgehead atoms. The SMILES string of the molecule is CN(CC(C)(C)CN)c1cc(Br)c(F)cc1[N+](=O)[O-]. The van der Waals surface area contributed by atoms with Crippen LogP contribution < -0.4 is 10.6 Å². The quantitative estimate of drug-likeness (QED) is 0.664. The summed E-state index contributed by atoms with van der Waals surface area (Å²) in [6.07, 6.45) is 0. The molecule has 1 aromatic rings. The molecule has 0 saturated heterocycles. The Morgan fingerprint density at radius 3 is 2.58 bits per heavy atom. The van der Waals surface area contributed by atoms with Gasteiger partial charge in [-0.15, -0.1) is 0 Å². The van der Waals surface area contributed by atoms with Gasteiger partial charge in [0.15, 0.2) is 0 Å². The number of hydrogen-bond acceptors (Lipinski definition) is 4. The molecule has 19 heavy (non-hydrogen) atoms. The molecule has 0 fully saturated rings. The Kier molecular flexibility index (Phi) is 4.86. The third kappa shape index (κ3) is 3.87. The first-order valence-corrected chi connectivity index (χ1v) is 6.52. The van der Waals surface area contributed by atoms with Crippen molar-refractivity contribution in [2.75, 3.05) is 25.0 Å². The summed E-state index contributed by atoms with van der Waals surface area (Å²) in [5, 5.41) is 11.0. The van der Waals surface area contributed by atoms with E-state index in [1.54, 1.807) is 11.9 Å². The molecule has 0 aliphatic heterocycles. The van der Waals surface area contributed by atoms with Gasteiger partial charge in [-0.2, -0.15) is 0 Å². The summed E-state index contributed by atoms with van der Waals surface area (Å²) in [7, 11) is 1.73. The molecule has 7 heteroatoms. The summed E-state index contributed by atoms with van der Waals surface area (Å²) in [6.45, 7) is 4.91. The van der Waals surface area contributed by atoms with Crippen molar-refractivity contribution in [3.8, 4) is 0 Å². The van der Waals surface area contributed by atoms with E-state index in [-0.39, 0.29) is 15.6 Å². The van der Waals surface area contributed by atoms with E-state index in [4.69, 9.17) is 5.73 Å². The van der Waals surface area contributed by atoms with Gasteiger partial charge < -0.3 is 10.6 Å². The van der Waals surface area contributed by atoms with Gasteiger partial charge in [-0.3, -0.25) is 10.1 Å². The van der Waals surface area contributed by atoms with E-state index in [0.717, 1.165) is 6.07 Å². The zero-order valence-electron chi connectivity index (χ0n) is 11.1. The highest BCUT2D eigenvalue weighted by Gasteiger charge is 2.24. The number of nitrogens with zero attached hydrogens (tertiary/aromatic N) is 2. The van der Waals surface area contributed by atoms with E-state index < -0.39 is 10.7 Å². The largest absolute Gasteiger partial charge is 0.368 e. The van der Waals surface area contributed by atoms with Crippen molar-refractivity contribution >= 4 is 27.3 Å². The van der Waals surface area contributed by atoms with Crippen molar-refractivity contribution in [1.82, 2.24) is 0 Å². The summed E-state index contributed by atoms with van der Waals surface area (Å²) < 4.78 is 13.6. The highest BCUT2D eigenvalue weighted by atomic mass is 79.9. The molecule has 106 valence electrons. The van der Waals surface area contributed by atoms with Crippen LogP contribution in [-0.4, -0.2) is 25.1 Å². The predicted octanol–water partition coefficient (Wildman–Crippen LogP) is 2.92. The number of anilines is 1. The van der Waals surface area contributed by atoms with Crippen LogP contribution in [0, 0.1) is 21.3 Å². The Morgan fingerprint density at radius 1 is 1.53 bits per heavy atom. The van der Waals surface area contributed by atoms with E-state index >= 15 is 0 Å². The zero-order valence-corrected chi connectivity index (χ0v) is 12.7. The van der Waals surface area contributed by atoms with Gasteiger partial charge in [0.05, 0.1) is 15.5 Å². The highest BCUT2D eigenvalue weighted by Crippen LogP contribution is 2.34. The van der Waals surface area contributed by atoms with Crippen LogP contribution in [-0.2, 0) is 0 Å². The minimum atomic E-state index is -0.651. The molecule has 0 spiro atoms. The van der Waals surface area contributed by atoms with Crippen molar-refractivity contribution in [1.29, 1.82) is 0 Å². The molecule has 0 saturated carbocycles. The fraction of sp³-hybridized carbons (Fsp3) is 0.500. The van der Waals surface area contributed by atoms with Crippen molar-refractivity contribution in [3.63, 3.8) is 0 Å². The molecule has 0 aromatic heterocycles. The van der Waals surface area contributed by atoms with Gasteiger partial charge in [-0.1, -0.05) is 13.8 Å². The van der Waals surface area contributed by atoms with Gasteiger partial charge in [0, 0.05) is 13.6 Å². The van der Waals surface area contributed by atoms with Crippen LogP contribution in [0.15, 0.2) is 16.6 Å². The lowest BCUT2D eigenvalue weighted by atomic mass is 9.93. The van der Waals surface area contributed by atoms with Crippen LogP contribution >= 0.6 is 15.9 Å². The average molecular weight is 334 g/mol. The number of halogens is 2. The van der Waals surface area contributed by atoms with Gasteiger partial charge in [0.1, 0.15) is 11.5 Å². The lowest BCUT2D eigenvalue weighted by Crippen LogP contribution is -2.37. The third-order valence-electron chi connectivity index (χ3n) is 2.84. The van der Waals surface area contributed by atoms with Crippen molar-refractivity contribution in [2.24, 2.45) is 11.1 Å². The molecular formula is C12H17BrFN3O2. The van der Waals surface area contributed by atoms with Crippen LogP contribution in [0.25, 0.3) is 0 Å². The Bertz CT molecular complexity index is 494. The zero-order chi connectivity index (χ0) is 14.8. The fourth-order valence-electron chi connectivity index (χ4n) is 1.77. The molecule has 0 heterocycles. The van der Waals surface area contributed by atoms with Gasteiger partial charge in [0.25, 0.3) is 5.69 Å². The van der Waals surface area contributed by atoms with Crippen molar-refractivity contribution in [3.05, 3.63) is 32.5 Å². The third-order valence-corrected chi connectivity index (χ3v) is 3.45. The van der Waals surface area contributed by atoms with Crippen LogP contribution in [0.1, 0.15) is 13.8 Å². The summed E-state index contributed by atoms with van der Waals surface area (Å²) >= 11 is 3.05. The molecule has 5 nitrogen and oxygen atoms in total. The molecule has 0 radical (unpaired) electrons. The number of hydrogen-bond donors (Lipinski definition) is 1. The van der Waals surface area contributed by atoms with Crippen LogP contribution in [0.2, 0.25) is 0 Å². The summed E-state index contributed by atoms with van der Waals surface area (Å²) in [5.41, 5.74) is 5.57. The average Bonchev–Trinajstić information content (AvgIpc) is 2.31. The second-order valence-electron chi connectivity index (χ2n) is 5.24. The van der Waals surface area contributed by atoms with Crippen molar-refractivity contribution < 1.29 is 9.31 Å². The molecule has 1 rings (SSSR count). The number of nitrogens with two attached hydrogens (primary N) is 1. The molecule has 0 unspecified atom stereocenters. The summed E-state index contributed by atoms with van der Waals surface area (Å²) in [6, 6.07) is 2.34. The maximum atomic E-state index is 13.4. The Labute approximate surface area is 119 Å². The summed E-state index contributed by atoms with van der Waals surface area (Å²) in [4.78, 5) is 12.1. The molecule has 0 aliphatic carbocycles. The Balaban J connectivity index is 3.18. The van der Waals surface area contributed by atoms with E-state index in [1.807, 2.05) is 13.8 Å². The monoisotopic (exact) mass is 333 g/mol. The van der Waals surface area contributed by atoms with Gasteiger partial charge in [0.2, 0.25) is 0 Å². The van der Waals surface area contributed by atoms with E-state index in [2.05, 4.69) is 15.9 Å². The molecule has 0 aliphatic rings. The second-order valence-corrected chi connectivity index (χ2v) is 6.09. The topological polar surface area (TPSA) is 72.4 Å². The maximum Gasteiger partial charge on any atom is 0.295 e. The van der Waals surface area contributed by atoms with E-state index in [1.165, 1.54) is 6.07 Å². The Hall–Kier alpha value is -1.21. The predicted molar refractivity (Wildman–Crippen MR) is 76.9 cm³/mol. The van der Waals surface area contributed by atoms with Gasteiger partial charge in [-0.05, 0) is 34.0 Å². The Morgan fingerprint density at radius 2 is 2.11 bits per heavy atom. The first kappa shape index (κ1) is 15.8. The molecule has 2 N–H and O–H groups in total. The first-order chi connectivity index (χ1) is 8.68. The molecule has 1 aromatic carbocycles. The van der Waals surface area contributed by atoms with E-state index in [0.29, 0.717) is 18.8 Å². The second kappa shape index (κ2) is 5.83.